The maximum absolute atomic E-state index is 12.1. The molecule has 0 spiro atoms. The number of hydrogen-bond acceptors (Lipinski definition) is 2. The standard InChI is InChI=1S/C14H19BrN2O3/c1-5-11(13(18)19)17(4)14(20)16-12-9(3)6-8(2)7-10(12)15/h6-7,11H,5H2,1-4H3,(H,16,20)(H,18,19). The summed E-state index contributed by atoms with van der Waals surface area (Å²) in [5.74, 6) is -1.01. The Balaban J connectivity index is 2.94. The molecule has 1 aromatic carbocycles. The van der Waals surface area contributed by atoms with Crippen molar-refractivity contribution in [3.8, 4) is 0 Å². The smallest absolute Gasteiger partial charge is 0.326 e. The molecule has 0 saturated heterocycles. The molecule has 0 aliphatic heterocycles. The average molecular weight is 343 g/mol. The largest absolute Gasteiger partial charge is 0.480 e. The minimum Gasteiger partial charge on any atom is -0.480 e. The van der Waals surface area contributed by atoms with Gasteiger partial charge in [-0.3, -0.25) is 0 Å². The van der Waals surface area contributed by atoms with Gasteiger partial charge in [0.2, 0.25) is 0 Å². The molecular formula is C14H19BrN2O3. The third-order valence-electron chi connectivity index (χ3n) is 3.12. The number of carbonyl (C=O) groups excluding carboxylic acids is 1. The van der Waals surface area contributed by atoms with Gasteiger partial charge in [-0.1, -0.05) is 13.0 Å². The maximum Gasteiger partial charge on any atom is 0.326 e. The fourth-order valence-electron chi connectivity index (χ4n) is 2.02. The van der Waals surface area contributed by atoms with Crippen molar-refractivity contribution in [3.05, 3.63) is 27.7 Å². The van der Waals surface area contributed by atoms with Crippen LogP contribution in [-0.2, 0) is 4.79 Å². The van der Waals surface area contributed by atoms with Gasteiger partial charge in [-0.2, -0.15) is 0 Å². The number of benzene rings is 1. The molecule has 0 bridgehead atoms. The van der Waals surface area contributed by atoms with Crippen molar-refractivity contribution in [2.45, 2.75) is 33.2 Å². The molecule has 2 N–H and O–H groups in total. The Kier molecular flexibility index (Phi) is 5.56. The quantitative estimate of drug-likeness (QED) is 0.880. The van der Waals surface area contributed by atoms with Crippen LogP contribution < -0.4 is 5.32 Å². The van der Waals surface area contributed by atoms with Crippen molar-refractivity contribution in [2.75, 3.05) is 12.4 Å². The lowest BCUT2D eigenvalue weighted by Crippen LogP contribution is -2.44. The van der Waals surface area contributed by atoms with Gasteiger partial charge in [-0.25, -0.2) is 9.59 Å². The molecule has 0 radical (unpaired) electrons. The van der Waals surface area contributed by atoms with E-state index in [2.05, 4.69) is 21.2 Å². The lowest BCUT2D eigenvalue weighted by molar-refractivity contribution is -0.141. The fraction of sp³-hybridized carbons (Fsp3) is 0.429. The van der Waals surface area contributed by atoms with Gasteiger partial charge in [0.05, 0.1) is 5.69 Å². The molecule has 5 nitrogen and oxygen atoms in total. The van der Waals surface area contributed by atoms with Gasteiger partial charge in [0, 0.05) is 11.5 Å². The Morgan fingerprint density at radius 1 is 1.40 bits per heavy atom. The normalized spacial score (nSPS) is 11.8. The van der Waals surface area contributed by atoms with Crippen LogP contribution in [0, 0.1) is 13.8 Å². The molecule has 1 unspecified atom stereocenters. The number of aliphatic carboxylic acids is 1. The van der Waals surface area contributed by atoms with E-state index in [4.69, 9.17) is 5.11 Å². The minimum atomic E-state index is -1.01. The molecule has 0 saturated carbocycles. The first-order valence-corrected chi connectivity index (χ1v) is 7.10. The van der Waals surface area contributed by atoms with E-state index in [1.165, 1.54) is 11.9 Å². The highest BCUT2D eigenvalue weighted by Gasteiger charge is 2.25. The van der Waals surface area contributed by atoms with Gasteiger partial charge in [-0.15, -0.1) is 0 Å². The summed E-state index contributed by atoms with van der Waals surface area (Å²) in [6, 6.07) is 2.58. The molecule has 20 heavy (non-hydrogen) atoms. The van der Waals surface area contributed by atoms with Gasteiger partial charge in [0.1, 0.15) is 6.04 Å². The second-order valence-corrected chi connectivity index (χ2v) is 5.60. The molecule has 1 atom stereocenters. The van der Waals surface area contributed by atoms with Crippen molar-refractivity contribution in [2.24, 2.45) is 0 Å². The highest BCUT2D eigenvalue weighted by Crippen LogP contribution is 2.28. The summed E-state index contributed by atoms with van der Waals surface area (Å²) in [4.78, 5) is 24.4. The lowest BCUT2D eigenvalue weighted by atomic mass is 10.1. The van der Waals surface area contributed by atoms with E-state index in [9.17, 15) is 9.59 Å². The van der Waals surface area contributed by atoms with E-state index in [1.54, 1.807) is 6.92 Å². The Bertz CT molecular complexity index is 508. The van der Waals surface area contributed by atoms with E-state index >= 15 is 0 Å². The van der Waals surface area contributed by atoms with E-state index < -0.39 is 18.0 Å². The third-order valence-corrected chi connectivity index (χ3v) is 3.75. The summed E-state index contributed by atoms with van der Waals surface area (Å²) in [6.07, 6.45) is 0.354. The summed E-state index contributed by atoms with van der Waals surface area (Å²) in [7, 11) is 1.48. The number of carbonyl (C=O) groups is 2. The second kappa shape index (κ2) is 6.74. The number of anilines is 1. The number of carboxylic acid groups (broad SMARTS) is 1. The van der Waals surface area contributed by atoms with Gasteiger partial charge in [-0.05, 0) is 53.4 Å². The first-order valence-electron chi connectivity index (χ1n) is 6.31. The number of urea groups is 1. The average Bonchev–Trinajstić information content (AvgIpc) is 2.33. The van der Waals surface area contributed by atoms with E-state index in [1.807, 2.05) is 26.0 Å². The number of likely N-dealkylation sites (N-methyl/N-ethyl adjacent to an activating group) is 1. The molecule has 6 heteroatoms. The topological polar surface area (TPSA) is 69.6 Å². The predicted octanol–water partition coefficient (Wildman–Crippen LogP) is 3.39. The number of nitrogens with zero attached hydrogens (tertiary/aromatic N) is 1. The molecule has 2 amide bonds. The molecule has 110 valence electrons. The van der Waals surface area contributed by atoms with Crippen molar-refractivity contribution in [1.82, 2.24) is 4.90 Å². The number of aryl methyl sites for hydroxylation is 2. The zero-order valence-electron chi connectivity index (χ0n) is 12.0. The van der Waals surface area contributed by atoms with Crippen LogP contribution >= 0.6 is 15.9 Å². The zero-order valence-corrected chi connectivity index (χ0v) is 13.6. The Labute approximate surface area is 127 Å². The van der Waals surface area contributed by atoms with Gasteiger partial charge < -0.3 is 15.3 Å². The number of halogens is 1. The van der Waals surface area contributed by atoms with Crippen LogP contribution in [0.4, 0.5) is 10.5 Å². The maximum atomic E-state index is 12.1. The Morgan fingerprint density at radius 3 is 2.45 bits per heavy atom. The second-order valence-electron chi connectivity index (χ2n) is 4.74. The van der Waals surface area contributed by atoms with Crippen LogP contribution in [0.25, 0.3) is 0 Å². The number of amides is 2. The molecule has 0 aromatic heterocycles. The summed E-state index contributed by atoms with van der Waals surface area (Å²) in [5.41, 5.74) is 2.66. The number of carboxylic acids is 1. The van der Waals surface area contributed by atoms with E-state index in [0.717, 1.165) is 15.6 Å². The highest BCUT2D eigenvalue weighted by molar-refractivity contribution is 9.10. The van der Waals surface area contributed by atoms with Crippen molar-refractivity contribution in [1.29, 1.82) is 0 Å². The summed E-state index contributed by atoms with van der Waals surface area (Å²) in [5, 5.41) is 11.8. The fourth-order valence-corrected chi connectivity index (χ4v) is 2.80. The first-order chi connectivity index (χ1) is 9.27. The monoisotopic (exact) mass is 342 g/mol. The van der Waals surface area contributed by atoms with Crippen molar-refractivity contribution < 1.29 is 14.7 Å². The summed E-state index contributed by atoms with van der Waals surface area (Å²) in [6.45, 7) is 5.59. The van der Waals surface area contributed by atoms with Gasteiger partial charge in [0.25, 0.3) is 0 Å². The molecule has 0 heterocycles. The summed E-state index contributed by atoms with van der Waals surface area (Å²) < 4.78 is 0.778. The third kappa shape index (κ3) is 3.72. The molecule has 1 aromatic rings. The van der Waals surface area contributed by atoms with Crippen LogP contribution in [0.5, 0.6) is 0 Å². The van der Waals surface area contributed by atoms with Gasteiger partial charge in [0.15, 0.2) is 0 Å². The number of hydrogen-bond donors (Lipinski definition) is 2. The molecular weight excluding hydrogens is 324 g/mol. The Morgan fingerprint density at radius 2 is 2.00 bits per heavy atom. The van der Waals surface area contributed by atoms with E-state index in [-0.39, 0.29) is 0 Å². The molecule has 0 aliphatic rings. The van der Waals surface area contributed by atoms with Gasteiger partial charge >= 0.3 is 12.0 Å². The molecule has 0 fully saturated rings. The molecule has 0 aliphatic carbocycles. The number of nitrogens with one attached hydrogen (secondary N) is 1. The van der Waals surface area contributed by atoms with E-state index in [0.29, 0.717) is 12.1 Å². The number of rotatable bonds is 4. The zero-order chi connectivity index (χ0) is 15.4. The van der Waals surface area contributed by atoms with Crippen LogP contribution in [-0.4, -0.2) is 35.1 Å². The Hall–Kier alpha value is -1.56. The van der Waals surface area contributed by atoms with Crippen molar-refractivity contribution in [3.63, 3.8) is 0 Å². The highest BCUT2D eigenvalue weighted by atomic mass is 79.9. The van der Waals surface area contributed by atoms with Crippen molar-refractivity contribution >= 4 is 33.6 Å². The van der Waals surface area contributed by atoms with Crippen LogP contribution in [0.15, 0.2) is 16.6 Å². The SMILES string of the molecule is CCC(C(=O)O)N(C)C(=O)Nc1c(C)cc(C)cc1Br. The van der Waals surface area contributed by atoms with Crippen LogP contribution in [0.1, 0.15) is 24.5 Å². The lowest BCUT2D eigenvalue weighted by Gasteiger charge is -2.24. The predicted molar refractivity (Wildman–Crippen MR) is 82.1 cm³/mol. The van der Waals surface area contributed by atoms with Crippen LogP contribution in [0.2, 0.25) is 0 Å². The minimum absolute atomic E-state index is 0.354. The molecule has 1 rings (SSSR count). The first kappa shape index (κ1) is 16.5. The summed E-state index contributed by atoms with van der Waals surface area (Å²) >= 11 is 3.41. The van der Waals surface area contributed by atoms with Crippen LogP contribution in [0.3, 0.4) is 0 Å².